The van der Waals surface area contributed by atoms with Gasteiger partial charge < -0.3 is 10.5 Å². The van der Waals surface area contributed by atoms with E-state index in [1.54, 1.807) is 0 Å². The minimum atomic E-state index is -0.445. The highest BCUT2D eigenvalue weighted by molar-refractivity contribution is 6.16. The summed E-state index contributed by atoms with van der Waals surface area (Å²) in [6, 6.07) is -0.0723. The van der Waals surface area contributed by atoms with E-state index in [0.717, 1.165) is 16.9 Å². The summed E-state index contributed by atoms with van der Waals surface area (Å²) in [5, 5.41) is 0. The van der Waals surface area contributed by atoms with Crippen LogP contribution in [0.3, 0.4) is 0 Å². The normalized spacial score (nSPS) is 32.5. The smallest absolute Gasteiger partial charge is 0.229 e. The van der Waals surface area contributed by atoms with E-state index < -0.39 is 6.10 Å². The van der Waals surface area contributed by atoms with Crippen molar-refractivity contribution in [1.29, 1.82) is 0 Å². The summed E-state index contributed by atoms with van der Waals surface area (Å²) in [5.74, 6) is 5.18. The number of allylic oxidation sites excluding steroid dienone is 2. The molecule has 0 radical (unpaired) electrons. The summed E-state index contributed by atoms with van der Waals surface area (Å²) in [5.41, 5.74) is 9.14. The predicted octanol–water partition coefficient (Wildman–Crippen LogP) is 0.898. The molecule has 3 rings (SSSR count). The summed E-state index contributed by atoms with van der Waals surface area (Å²) < 4.78 is 5.94. The van der Waals surface area contributed by atoms with Gasteiger partial charge in [0.2, 0.25) is 5.78 Å². The Bertz CT molecular complexity index is 641. The molecule has 2 N–H and O–H groups in total. The summed E-state index contributed by atoms with van der Waals surface area (Å²) in [4.78, 5) is 16.2. The molecule has 3 aliphatic rings. The quantitative estimate of drug-likeness (QED) is 0.516. The minimum absolute atomic E-state index is 0.0723. The van der Waals surface area contributed by atoms with Crippen LogP contribution in [0.2, 0.25) is 0 Å². The maximum atomic E-state index is 11.5. The number of ketones is 1. The van der Waals surface area contributed by atoms with Crippen molar-refractivity contribution in [3.05, 3.63) is 35.1 Å². The first-order valence-corrected chi connectivity index (χ1v) is 6.17. The first-order valence-electron chi connectivity index (χ1n) is 6.17. The lowest BCUT2D eigenvalue weighted by Crippen LogP contribution is -2.42. The SMILES string of the molecule is CC1=CC(=O)C#CC2OC3C=C(N)C=C(C)C3N=C12. The molecule has 0 bridgehead atoms. The first-order chi connectivity index (χ1) is 9.04. The van der Waals surface area contributed by atoms with Crippen LogP contribution in [0.1, 0.15) is 13.8 Å². The van der Waals surface area contributed by atoms with E-state index in [1.165, 1.54) is 6.08 Å². The topological polar surface area (TPSA) is 64.7 Å². The van der Waals surface area contributed by atoms with E-state index in [9.17, 15) is 4.79 Å². The van der Waals surface area contributed by atoms with Gasteiger partial charge in [0.1, 0.15) is 12.1 Å². The van der Waals surface area contributed by atoms with Crippen LogP contribution in [0, 0.1) is 11.8 Å². The van der Waals surface area contributed by atoms with Gasteiger partial charge in [-0.1, -0.05) is 5.92 Å². The molecule has 4 heteroatoms. The van der Waals surface area contributed by atoms with Crippen molar-refractivity contribution < 1.29 is 9.53 Å². The third-order valence-electron chi connectivity index (χ3n) is 3.43. The van der Waals surface area contributed by atoms with Crippen LogP contribution in [0.15, 0.2) is 40.1 Å². The second-order valence-electron chi connectivity index (χ2n) is 4.96. The van der Waals surface area contributed by atoms with E-state index in [-0.39, 0.29) is 17.9 Å². The van der Waals surface area contributed by atoms with Crippen LogP contribution in [0.25, 0.3) is 0 Å². The Labute approximate surface area is 111 Å². The van der Waals surface area contributed by atoms with Gasteiger partial charge in [0, 0.05) is 5.70 Å². The Morgan fingerprint density at radius 3 is 2.95 bits per heavy atom. The van der Waals surface area contributed by atoms with Crippen LogP contribution in [0.5, 0.6) is 0 Å². The fourth-order valence-electron chi connectivity index (χ4n) is 2.52. The number of rotatable bonds is 0. The first kappa shape index (κ1) is 11.9. The lowest BCUT2D eigenvalue weighted by atomic mass is 9.93. The van der Waals surface area contributed by atoms with Crippen molar-refractivity contribution in [2.75, 3.05) is 0 Å². The fourth-order valence-corrected chi connectivity index (χ4v) is 2.52. The molecule has 1 aliphatic heterocycles. The third-order valence-corrected chi connectivity index (χ3v) is 3.43. The van der Waals surface area contributed by atoms with Crippen molar-refractivity contribution in [1.82, 2.24) is 0 Å². The molecular formula is C15H14N2O2. The Morgan fingerprint density at radius 2 is 2.16 bits per heavy atom. The maximum absolute atomic E-state index is 11.5. The number of carbonyl (C=O) groups is 1. The average Bonchev–Trinajstić information content (AvgIpc) is 2.47. The van der Waals surface area contributed by atoms with Crippen LogP contribution < -0.4 is 5.73 Å². The number of carbonyl (C=O) groups excluding carboxylic acids is 1. The molecule has 3 atom stereocenters. The zero-order chi connectivity index (χ0) is 13.6. The molecule has 19 heavy (non-hydrogen) atoms. The highest BCUT2D eigenvalue weighted by Crippen LogP contribution is 2.28. The standard InChI is InChI=1S/C15H14N2O2/c1-8-5-10(16)7-13-15(8)17-14-9(2)6-11(18)3-4-12(14)19-13/h5-7,12-13,15H,16H2,1-2H3. The Kier molecular flexibility index (Phi) is 2.65. The number of ether oxygens (including phenoxy) is 1. The molecule has 0 saturated carbocycles. The van der Waals surface area contributed by atoms with E-state index in [1.807, 2.05) is 26.0 Å². The van der Waals surface area contributed by atoms with Crippen molar-refractivity contribution in [3.8, 4) is 11.8 Å². The number of hydrogen-bond donors (Lipinski definition) is 1. The molecule has 4 nitrogen and oxygen atoms in total. The van der Waals surface area contributed by atoms with E-state index >= 15 is 0 Å². The lowest BCUT2D eigenvalue weighted by Gasteiger charge is -2.34. The highest BCUT2D eigenvalue weighted by atomic mass is 16.5. The molecule has 1 heterocycles. The van der Waals surface area contributed by atoms with Crippen molar-refractivity contribution in [3.63, 3.8) is 0 Å². The zero-order valence-electron chi connectivity index (χ0n) is 10.8. The van der Waals surface area contributed by atoms with E-state index in [0.29, 0.717) is 5.70 Å². The Hall–Kier alpha value is -2.12. The van der Waals surface area contributed by atoms with Gasteiger partial charge >= 0.3 is 0 Å². The lowest BCUT2D eigenvalue weighted by molar-refractivity contribution is -0.109. The summed E-state index contributed by atoms with van der Waals surface area (Å²) in [6.45, 7) is 3.84. The molecule has 96 valence electrons. The largest absolute Gasteiger partial charge is 0.399 e. The van der Waals surface area contributed by atoms with Gasteiger partial charge in [-0.2, -0.15) is 0 Å². The molecular weight excluding hydrogens is 240 g/mol. The molecule has 0 aromatic heterocycles. The van der Waals surface area contributed by atoms with Gasteiger partial charge in [-0.05, 0) is 49.1 Å². The molecule has 0 spiro atoms. The minimum Gasteiger partial charge on any atom is -0.399 e. The monoisotopic (exact) mass is 254 g/mol. The second kappa shape index (κ2) is 4.22. The van der Waals surface area contributed by atoms with Crippen molar-refractivity contribution in [2.45, 2.75) is 32.1 Å². The van der Waals surface area contributed by atoms with Gasteiger partial charge in [0.05, 0.1) is 5.71 Å². The molecule has 0 fully saturated rings. The van der Waals surface area contributed by atoms with Gasteiger partial charge in [-0.15, -0.1) is 0 Å². The molecule has 2 aliphatic carbocycles. The van der Waals surface area contributed by atoms with E-state index in [2.05, 4.69) is 11.8 Å². The van der Waals surface area contributed by atoms with Crippen LogP contribution in [-0.4, -0.2) is 29.7 Å². The number of nitrogens with two attached hydrogens (primary N) is 1. The number of nitrogens with zero attached hydrogens (tertiary/aromatic N) is 1. The number of aliphatic imine (C=N–C) groups is 1. The number of fused-ring (bicyclic) bond motifs is 2. The number of hydrogen-bond acceptors (Lipinski definition) is 4. The molecule has 0 saturated heterocycles. The van der Waals surface area contributed by atoms with Crippen molar-refractivity contribution >= 4 is 11.5 Å². The van der Waals surface area contributed by atoms with Gasteiger partial charge in [-0.25, -0.2) is 0 Å². The predicted molar refractivity (Wildman–Crippen MR) is 72.5 cm³/mol. The van der Waals surface area contributed by atoms with Crippen molar-refractivity contribution in [2.24, 2.45) is 10.7 Å². The highest BCUT2D eigenvalue weighted by Gasteiger charge is 2.35. The Balaban J connectivity index is 2.07. The summed E-state index contributed by atoms with van der Waals surface area (Å²) in [7, 11) is 0. The summed E-state index contributed by atoms with van der Waals surface area (Å²) >= 11 is 0. The third kappa shape index (κ3) is 2.02. The second-order valence-corrected chi connectivity index (χ2v) is 4.96. The molecule has 0 aromatic carbocycles. The van der Waals surface area contributed by atoms with Crippen LogP contribution in [-0.2, 0) is 9.53 Å². The Morgan fingerprint density at radius 1 is 1.37 bits per heavy atom. The van der Waals surface area contributed by atoms with Gasteiger partial charge in [0.15, 0.2) is 6.10 Å². The molecule has 3 unspecified atom stereocenters. The zero-order valence-corrected chi connectivity index (χ0v) is 10.8. The average molecular weight is 254 g/mol. The van der Waals surface area contributed by atoms with Gasteiger partial charge in [0.25, 0.3) is 0 Å². The maximum Gasteiger partial charge on any atom is 0.229 e. The van der Waals surface area contributed by atoms with E-state index in [4.69, 9.17) is 15.5 Å². The van der Waals surface area contributed by atoms with Crippen LogP contribution in [0.4, 0.5) is 0 Å². The molecule has 0 aromatic rings. The fraction of sp³-hybridized carbons (Fsp3) is 0.333. The molecule has 0 amide bonds. The van der Waals surface area contributed by atoms with Crippen LogP contribution >= 0.6 is 0 Å². The van der Waals surface area contributed by atoms with Gasteiger partial charge in [-0.3, -0.25) is 9.79 Å². The summed E-state index contributed by atoms with van der Waals surface area (Å²) in [6.07, 6.45) is 4.63.